The van der Waals surface area contributed by atoms with Gasteiger partial charge >= 0.3 is 6.03 Å². The lowest BCUT2D eigenvalue weighted by Gasteiger charge is -2.22. The minimum atomic E-state index is -0.284. The number of likely N-dealkylation sites (N-methyl/N-ethyl adjacent to an activating group) is 1. The van der Waals surface area contributed by atoms with Gasteiger partial charge in [-0.15, -0.1) is 0 Å². The summed E-state index contributed by atoms with van der Waals surface area (Å²) in [5, 5.41) is 7.32. The molecule has 140 valence electrons. The molecule has 0 aliphatic heterocycles. The van der Waals surface area contributed by atoms with Gasteiger partial charge in [0.1, 0.15) is 15.8 Å². The van der Waals surface area contributed by atoms with Gasteiger partial charge < -0.3 is 15.1 Å². The fourth-order valence-electron chi connectivity index (χ4n) is 2.44. The molecule has 1 unspecified atom stereocenters. The molecule has 0 fully saturated rings. The summed E-state index contributed by atoms with van der Waals surface area (Å²) in [5.41, 5.74) is 0.667. The van der Waals surface area contributed by atoms with Gasteiger partial charge in [-0.3, -0.25) is 4.90 Å². The zero-order chi connectivity index (χ0) is 19.1. The van der Waals surface area contributed by atoms with E-state index < -0.39 is 0 Å². The second-order valence-electron chi connectivity index (χ2n) is 5.98. The largest absolute Gasteiger partial charge is 0.468 e. The lowest BCUT2D eigenvalue weighted by molar-refractivity contribution is 0.233. The first kappa shape index (κ1) is 18.9. The van der Waals surface area contributed by atoms with E-state index >= 15 is 0 Å². The second-order valence-corrected chi connectivity index (χ2v) is 7.02. The van der Waals surface area contributed by atoms with E-state index in [0.29, 0.717) is 12.2 Å². The lowest BCUT2D eigenvalue weighted by atomic mass is 10.2. The number of anilines is 1. The summed E-state index contributed by atoms with van der Waals surface area (Å²) < 4.78 is 5.45. The van der Waals surface area contributed by atoms with Crippen LogP contribution < -0.4 is 10.6 Å². The third kappa shape index (κ3) is 5.57. The van der Waals surface area contributed by atoms with Crippen LogP contribution in [0, 0.1) is 0 Å². The normalized spacial score (nSPS) is 12.0. The molecule has 0 aliphatic rings. The molecule has 0 saturated carbocycles. The zero-order valence-corrected chi connectivity index (χ0v) is 15.9. The highest BCUT2D eigenvalue weighted by atomic mass is 32.2. The maximum atomic E-state index is 12.3. The van der Waals surface area contributed by atoms with Gasteiger partial charge in [-0.05, 0) is 50.5 Å². The van der Waals surface area contributed by atoms with Gasteiger partial charge in [-0.2, -0.15) is 0 Å². The Balaban J connectivity index is 1.57. The number of carbonyl (C=O) groups is 1. The molecule has 27 heavy (non-hydrogen) atoms. The highest BCUT2D eigenvalue weighted by molar-refractivity contribution is 7.99. The standard InChI is InChI=1S/C19H21N5O2S/c1-24(2)15(16-6-5-11-26-16)13-22-19(25)23-14-8-10-21-18(12-14)27-17-7-3-4-9-20-17/h3-12,15H,13H2,1-2H3,(H2,21,22,23,25). The Morgan fingerprint density at radius 1 is 1.15 bits per heavy atom. The average Bonchev–Trinajstić information content (AvgIpc) is 3.17. The van der Waals surface area contributed by atoms with Crippen LogP contribution in [0.25, 0.3) is 0 Å². The number of aromatic nitrogens is 2. The molecule has 2 N–H and O–H groups in total. The highest BCUT2D eigenvalue weighted by Crippen LogP contribution is 2.25. The van der Waals surface area contributed by atoms with E-state index in [4.69, 9.17) is 4.42 Å². The monoisotopic (exact) mass is 383 g/mol. The molecule has 3 aromatic rings. The molecule has 0 bridgehead atoms. The summed E-state index contributed by atoms with van der Waals surface area (Å²) >= 11 is 1.44. The van der Waals surface area contributed by atoms with Gasteiger partial charge in [0.05, 0.1) is 12.3 Å². The number of nitrogens with zero attached hydrogens (tertiary/aromatic N) is 3. The Labute approximate surface area is 162 Å². The molecule has 0 aliphatic carbocycles. The number of hydrogen-bond acceptors (Lipinski definition) is 6. The maximum absolute atomic E-state index is 12.3. The van der Waals surface area contributed by atoms with Crippen LogP contribution in [0.15, 0.2) is 75.6 Å². The molecular weight excluding hydrogens is 362 g/mol. The average molecular weight is 383 g/mol. The van der Waals surface area contributed by atoms with E-state index in [0.717, 1.165) is 15.8 Å². The Kier molecular flexibility index (Phi) is 6.45. The van der Waals surface area contributed by atoms with E-state index in [1.165, 1.54) is 11.8 Å². The van der Waals surface area contributed by atoms with Crippen molar-refractivity contribution in [3.63, 3.8) is 0 Å². The number of urea groups is 1. The predicted octanol–water partition coefficient (Wildman–Crippen LogP) is 3.65. The Hall–Kier alpha value is -2.84. The lowest BCUT2D eigenvalue weighted by Crippen LogP contribution is -2.36. The van der Waals surface area contributed by atoms with E-state index in [1.807, 2.05) is 55.4 Å². The van der Waals surface area contributed by atoms with E-state index in [1.54, 1.807) is 24.7 Å². The van der Waals surface area contributed by atoms with Crippen molar-refractivity contribution in [3.05, 3.63) is 66.9 Å². The van der Waals surface area contributed by atoms with Gasteiger partial charge in [-0.1, -0.05) is 17.8 Å². The maximum Gasteiger partial charge on any atom is 0.319 e. The van der Waals surface area contributed by atoms with Crippen LogP contribution in [-0.4, -0.2) is 41.5 Å². The molecule has 0 aromatic carbocycles. The highest BCUT2D eigenvalue weighted by Gasteiger charge is 2.17. The number of carbonyl (C=O) groups excluding carboxylic acids is 1. The van der Waals surface area contributed by atoms with Gasteiger partial charge in [0, 0.05) is 24.6 Å². The van der Waals surface area contributed by atoms with Crippen molar-refractivity contribution in [1.82, 2.24) is 20.2 Å². The third-order valence-electron chi connectivity index (χ3n) is 3.79. The Morgan fingerprint density at radius 2 is 2.00 bits per heavy atom. The number of furan rings is 1. The number of nitrogens with one attached hydrogen (secondary N) is 2. The van der Waals surface area contributed by atoms with Crippen LogP contribution in [0.1, 0.15) is 11.8 Å². The molecular formula is C19H21N5O2S. The topological polar surface area (TPSA) is 83.3 Å². The molecule has 1 atom stereocenters. The third-order valence-corrected chi connectivity index (χ3v) is 4.67. The summed E-state index contributed by atoms with van der Waals surface area (Å²) in [6, 6.07) is 12.7. The van der Waals surface area contributed by atoms with Gasteiger partial charge in [-0.25, -0.2) is 14.8 Å². The van der Waals surface area contributed by atoms with Crippen molar-refractivity contribution < 1.29 is 9.21 Å². The Bertz CT molecular complexity index is 856. The van der Waals surface area contributed by atoms with E-state index in [-0.39, 0.29) is 12.1 Å². The minimum absolute atomic E-state index is 0.0431. The van der Waals surface area contributed by atoms with Crippen molar-refractivity contribution >= 4 is 23.5 Å². The number of hydrogen-bond donors (Lipinski definition) is 2. The molecule has 7 nitrogen and oxygen atoms in total. The van der Waals surface area contributed by atoms with Crippen molar-refractivity contribution in [2.24, 2.45) is 0 Å². The van der Waals surface area contributed by atoms with Gasteiger partial charge in [0.25, 0.3) is 0 Å². The first-order chi connectivity index (χ1) is 13.1. The molecule has 3 rings (SSSR count). The van der Waals surface area contributed by atoms with Crippen LogP contribution in [0.5, 0.6) is 0 Å². The molecule has 0 spiro atoms. The fraction of sp³-hybridized carbons (Fsp3) is 0.211. The molecule has 2 amide bonds. The summed E-state index contributed by atoms with van der Waals surface area (Å²) in [7, 11) is 3.88. The summed E-state index contributed by atoms with van der Waals surface area (Å²) in [6.45, 7) is 0.424. The van der Waals surface area contributed by atoms with E-state index in [9.17, 15) is 4.79 Å². The van der Waals surface area contributed by atoms with Gasteiger partial charge in [0.2, 0.25) is 0 Å². The fourth-order valence-corrected chi connectivity index (χ4v) is 3.21. The first-order valence-corrected chi connectivity index (χ1v) is 9.23. The number of amides is 2. The minimum Gasteiger partial charge on any atom is -0.468 e. The Morgan fingerprint density at radius 3 is 2.70 bits per heavy atom. The van der Waals surface area contributed by atoms with Crippen molar-refractivity contribution in [3.8, 4) is 0 Å². The van der Waals surface area contributed by atoms with Crippen molar-refractivity contribution in [2.45, 2.75) is 16.1 Å². The molecule has 3 aromatic heterocycles. The van der Waals surface area contributed by atoms with Crippen LogP contribution in [0.2, 0.25) is 0 Å². The quantitative estimate of drug-likeness (QED) is 0.648. The van der Waals surface area contributed by atoms with Crippen LogP contribution in [0.3, 0.4) is 0 Å². The van der Waals surface area contributed by atoms with Crippen LogP contribution >= 0.6 is 11.8 Å². The number of rotatable bonds is 7. The number of pyridine rings is 2. The predicted molar refractivity (Wildman–Crippen MR) is 105 cm³/mol. The molecule has 3 heterocycles. The summed E-state index contributed by atoms with van der Waals surface area (Å²) in [5.74, 6) is 0.804. The summed E-state index contributed by atoms with van der Waals surface area (Å²) in [6.07, 6.45) is 5.02. The summed E-state index contributed by atoms with van der Waals surface area (Å²) in [4.78, 5) is 22.8. The van der Waals surface area contributed by atoms with E-state index in [2.05, 4.69) is 20.6 Å². The SMILES string of the molecule is CN(C)C(CNC(=O)Nc1ccnc(Sc2ccccn2)c1)c1ccco1. The van der Waals surface area contributed by atoms with Gasteiger partial charge in [0.15, 0.2) is 0 Å². The first-order valence-electron chi connectivity index (χ1n) is 8.41. The van der Waals surface area contributed by atoms with Crippen molar-refractivity contribution in [2.75, 3.05) is 26.0 Å². The van der Waals surface area contributed by atoms with Crippen molar-refractivity contribution in [1.29, 1.82) is 0 Å². The molecule has 0 saturated heterocycles. The van der Waals surface area contributed by atoms with Crippen LogP contribution in [-0.2, 0) is 0 Å². The van der Waals surface area contributed by atoms with Crippen LogP contribution in [0.4, 0.5) is 10.5 Å². The molecule has 8 heteroatoms. The second kappa shape index (κ2) is 9.20. The zero-order valence-electron chi connectivity index (χ0n) is 15.1. The molecule has 0 radical (unpaired) electrons. The smallest absolute Gasteiger partial charge is 0.319 e.